The molecule has 1 heterocycles. The van der Waals surface area contributed by atoms with Crippen LogP contribution in [-0.4, -0.2) is 19.7 Å². The number of carbonyl (C=O) groups is 1. The minimum atomic E-state index is -0.516. The smallest absolute Gasteiger partial charge is 0.343 e. The van der Waals surface area contributed by atoms with Gasteiger partial charge in [-0.3, -0.25) is 0 Å². The maximum absolute atomic E-state index is 10.9. The molecule has 0 fully saturated rings. The van der Waals surface area contributed by atoms with Crippen LogP contribution in [-0.2, 0) is 9.53 Å². The molecule has 6 heteroatoms. The van der Waals surface area contributed by atoms with Crippen LogP contribution in [0.1, 0.15) is 0 Å². The zero-order valence-corrected chi connectivity index (χ0v) is 8.15. The first-order valence-corrected chi connectivity index (χ1v) is 4.09. The van der Waals surface area contributed by atoms with Gasteiger partial charge in [0.1, 0.15) is 0 Å². The summed E-state index contributed by atoms with van der Waals surface area (Å²) < 4.78 is 9.73. The third kappa shape index (κ3) is 2.77. The number of hydrogen-bond donors (Lipinski definition) is 0. The van der Waals surface area contributed by atoms with E-state index in [-0.39, 0.29) is 17.5 Å². The summed E-state index contributed by atoms with van der Waals surface area (Å²) in [5.74, 6) is -0.257. The lowest BCUT2D eigenvalue weighted by Gasteiger charge is -2.04. The summed E-state index contributed by atoms with van der Waals surface area (Å²) in [5.41, 5.74) is 0. The van der Waals surface area contributed by atoms with Gasteiger partial charge in [0.25, 0.3) is 5.15 Å². The van der Waals surface area contributed by atoms with Gasteiger partial charge in [0.15, 0.2) is 12.4 Å². The Labute approximate surface area is 85.4 Å². The average Bonchev–Trinajstić information content (AvgIpc) is 2.19. The summed E-state index contributed by atoms with van der Waals surface area (Å²) in [6.45, 7) is -0.238. The molecule has 1 aromatic heterocycles. The summed E-state index contributed by atoms with van der Waals surface area (Å²) >= 11 is 5.47. The molecule has 0 spiro atoms. The zero-order valence-electron chi connectivity index (χ0n) is 7.40. The van der Waals surface area contributed by atoms with E-state index < -0.39 is 5.97 Å². The van der Waals surface area contributed by atoms with Gasteiger partial charge in [0.05, 0.1) is 7.11 Å². The van der Waals surface area contributed by atoms with Gasteiger partial charge in [0.2, 0.25) is 6.20 Å². The minimum absolute atomic E-state index is 0.0374. The molecule has 0 aliphatic heterocycles. The van der Waals surface area contributed by atoms with Crippen LogP contribution in [0, 0.1) is 5.21 Å². The van der Waals surface area contributed by atoms with Crippen LogP contribution < -0.4 is 9.47 Å². The number of carbonyl (C=O) groups excluding carboxylic acids is 1. The fourth-order valence-corrected chi connectivity index (χ4v) is 0.843. The van der Waals surface area contributed by atoms with Crippen molar-refractivity contribution in [3.63, 3.8) is 0 Å². The Kier molecular flexibility index (Phi) is 3.53. The van der Waals surface area contributed by atoms with Gasteiger partial charge in [-0.05, 0) is 17.7 Å². The first-order valence-electron chi connectivity index (χ1n) is 3.72. The Bertz CT molecular complexity index is 342. The van der Waals surface area contributed by atoms with Gasteiger partial charge in [-0.2, -0.15) is 4.73 Å². The van der Waals surface area contributed by atoms with Gasteiger partial charge in [-0.25, -0.2) is 4.79 Å². The lowest BCUT2D eigenvalue weighted by Crippen LogP contribution is -2.27. The fourth-order valence-electron chi connectivity index (χ4n) is 0.731. The lowest BCUT2D eigenvalue weighted by atomic mass is 10.4. The van der Waals surface area contributed by atoms with E-state index in [0.717, 1.165) is 6.20 Å². The fraction of sp³-hybridized carbons (Fsp3) is 0.250. The molecule has 1 rings (SSSR count). The van der Waals surface area contributed by atoms with E-state index in [1.165, 1.54) is 19.2 Å². The summed E-state index contributed by atoms with van der Waals surface area (Å²) in [6, 6.07) is 2.86. The standard InChI is InChI=1S/C8H8ClNO4/c1-13-8(11)5-14-6-2-3-7(9)10(12)4-6/h2-4H,5H2,1H3. The van der Waals surface area contributed by atoms with Crippen molar-refractivity contribution in [1.82, 2.24) is 0 Å². The molecule has 0 bridgehead atoms. The molecule has 0 radical (unpaired) electrons. The zero-order chi connectivity index (χ0) is 10.6. The number of nitrogens with zero attached hydrogens (tertiary/aromatic N) is 1. The van der Waals surface area contributed by atoms with Crippen LogP contribution in [0.25, 0.3) is 0 Å². The molecule has 0 aliphatic carbocycles. The highest BCUT2D eigenvalue weighted by molar-refractivity contribution is 6.28. The van der Waals surface area contributed by atoms with Gasteiger partial charge in [0, 0.05) is 6.07 Å². The molecule has 0 saturated carbocycles. The van der Waals surface area contributed by atoms with E-state index in [1.807, 2.05) is 0 Å². The molecule has 5 nitrogen and oxygen atoms in total. The predicted molar refractivity (Wildman–Crippen MR) is 47.9 cm³/mol. The molecular weight excluding hydrogens is 210 g/mol. The number of ether oxygens (including phenoxy) is 2. The molecular formula is C8H8ClNO4. The van der Waals surface area contributed by atoms with Crippen molar-refractivity contribution >= 4 is 17.6 Å². The van der Waals surface area contributed by atoms with E-state index in [2.05, 4.69) is 4.74 Å². The van der Waals surface area contributed by atoms with Crippen molar-refractivity contribution in [2.24, 2.45) is 0 Å². The van der Waals surface area contributed by atoms with Crippen LogP contribution in [0.2, 0.25) is 5.15 Å². The predicted octanol–water partition coefficient (Wildman–Crippen LogP) is 0.525. The van der Waals surface area contributed by atoms with Crippen molar-refractivity contribution in [2.45, 2.75) is 0 Å². The van der Waals surface area contributed by atoms with Crippen molar-refractivity contribution < 1.29 is 19.0 Å². The van der Waals surface area contributed by atoms with Crippen LogP contribution in [0.3, 0.4) is 0 Å². The Balaban J connectivity index is 2.60. The second kappa shape index (κ2) is 4.66. The summed E-state index contributed by atoms with van der Waals surface area (Å²) in [5, 5.41) is 11.0. The molecule has 0 saturated heterocycles. The largest absolute Gasteiger partial charge is 0.618 e. The van der Waals surface area contributed by atoms with E-state index in [9.17, 15) is 10.0 Å². The Hall–Kier alpha value is -1.49. The highest BCUT2D eigenvalue weighted by Crippen LogP contribution is 2.10. The second-order valence-corrected chi connectivity index (χ2v) is 2.77. The molecule has 76 valence electrons. The monoisotopic (exact) mass is 217 g/mol. The van der Waals surface area contributed by atoms with Crippen LogP contribution in [0.4, 0.5) is 0 Å². The lowest BCUT2D eigenvalue weighted by molar-refractivity contribution is -0.603. The number of esters is 1. The van der Waals surface area contributed by atoms with Crippen molar-refractivity contribution in [2.75, 3.05) is 13.7 Å². The quantitative estimate of drug-likeness (QED) is 0.321. The van der Waals surface area contributed by atoms with Crippen LogP contribution in [0.5, 0.6) is 5.75 Å². The van der Waals surface area contributed by atoms with E-state index in [1.54, 1.807) is 0 Å². The summed E-state index contributed by atoms with van der Waals surface area (Å²) in [6.07, 6.45) is 1.13. The number of aromatic nitrogens is 1. The SMILES string of the molecule is COC(=O)COc1ccc(Cl)[n+]([O-])c1. The topological polar surface area (TPSA) is 62.5 Å². The van der Waals surface area contributed by atoms with Gasteiger partial charge in [-0.1, -0.05) is 0 Å². The van der Waals surface area contributed by atoms with Crippen LogP contribution in [0.15, 0.2) is 18.3 Å². The molecule has 0 atom stereocenters. The summed E-state index contributed by atoms with van der Waals surface area (Å²) in [4.78, 5) is 10.7. The van der Waals surface area contributed by atoms with Gasteiger partial charge >= 0.3 is 5.97 Å². The van der Waals surface area contributed by atoms with Crippen molar-refractivity contribution in [3.8, 4) is 5.75 Å². The summed E-state index contributed by atoms with van der Waals surface area (Å²) in [7, 11) is 1.25. The Morgan fingerprint density at radius 1 is 1.64 bits per heavy atom. The number of halogens is 1. The Morgan fingerprint density at radius 3 is 2.93 bits per heavy atom. The van der Waals surface area contributed by atoms with E-state index in [4.69, 9.17) is 16.3 Å². The number of hydrogen-bond acceptors (Lipinski definition) is 4. The number of rotatable bonds is 3. The van der Waals surface area contributed by atoms with Crippen molar-refractivity contribution in [3.05, 3.63) is 28.7 Å². The second-order valence-electron chi connectivity index (χ2n) is 2.38. The molecule has 0 amide bonds. The third-order valence-electron chi connectivity index (χ3n) is 1.42. The highest BCUT2D eigenvalue weighted by Gasteiger charge is 2.06. The maximum Gasteiger partial charge on any atom is 0.343 e. The van der Waals surface area contributed by atoms with E-state index in [0.29, 0.717) is 4.73 Å². The first-order chi connectivity index (χ1) is 6.63. The first kappa shape index (κ1) is 10.6. The van der Waals surface area contributed by atoms with Gasteiger partial charge in [-0.15, -0.1) is 0 Å². The van der Waals surface area contributed by atoms with Gasteiger partial charge < -0.3 is 14.7 Å². The Morgan fingerprint density at radius 2 is 2.36 bits per heavy atom. The third-order valence-corrected chi connectivity index (χ3v) is 1.72. The number of pyridine rings is 1. The molecule has 0 aliphatic rings. The normalized spacial score (nSPS) is 9.57. The molecule has 14 heavy (non-hydrogen) atoms. The average molecular weight is 218 g/mol. The maximum atomic E-state index is 10.9. The molecule has 0 aromatic carbocycles. The molecule has 1 aromatic rings. The van der Waals surface area contributed by atoms with E-state index >= 15 is 0 Å². The molecule has 0 unspecified atom stereocenters. The minimum Gasteiger partial charge on any atom is -0.618 e. The highest BCUT2D eigenvalue weighted by atomic mass is 35.5. The molecule has 0 N–H and O–H groups in total. The van der Waals surface area contributed by atoms with Crippen molar-refractivity contribution in [1.29, 1.82) is 0 Å². The van der Waals surface area contributed by atoms with Crippen LogP contribution >= 0.6 is 11.6 Å². The number of methoxy groups -OCH3 is 1.